The van der Waals surface area contributed by atoms with Crippen molar-refractivity contribution in [1.29, 1.82) is 0 Å². The Balaban J connectivity index is 1.40. The molecule has 0 unspecified atom stereocenters. The van der Waals surface area contributed by atoms with Crippen molar-refractivity contribution in [3.8, 4) is 0 Å². The van der Waals surface area contributed by atoms with Crippen LogP contribution >= 0.6 is 11.3 Å². The number of hydrogen-bond acceptors (Lipinski definition) is 6. The van der Waals surface area contributed by atoms with Gasteiger partial charge < -0.3 is 5.32 Å². The third-order valence-electron chi connectivity index (χ3n) is 6.04. The molecular weight excluding hydrogens is 506 g/mol. The highest BCUT2D eigenvalue weighted by atomic mass is 32.2. The molecule has 2 aromatic carbocycles. The van der Waals surface area contributed by atoms with Crippen LogP contribution in [0.25, 0.3) is 0 Å². The third kappa shape index (κ3) is 5.75. The summed E-state index contributed by atoms with van der Waals surface area (Å²) in [6, 6.07) is 14.5. The van der Waals surface area contributed by atoms with Crippen LogP contribution in [0.3, 0.4) is 0 Å². The zero-order chi connectivity index (χ0) is 25.2. The zero-order valence-corrected chi connectivity index (χ0v) is 21.8. The lowest BCUT2D eigenvalue weighted by molar-refractivity contribution is -0.120. The Morgan fingerprint density at radius 1 is 0.971 bits per heavy atom. The predicted molar refractivity (Wildman–Crippen MR) is 138 cm³/mol. The van der Waals surface area contributed by atoms with E-state index in [1.807, 2.05) is 19.9 Å². The number of thiophene rings is 1. The van der Waals surface area contributed by atoms with Crippen LogP contribution in [0.2, 0.25) is 0 Å². The number of benzene rings is 2. The van der Waals surface area contributed by atoms with Crippen molar-refractivity contribution in [3.05, 3.63) is 71.1 Å². The van der Waals surface area contributed by atoms with Gasteiger partial charge in [-0.3, -0.25) is 9.52 Å². The first kappa shape index (κ1) is 25.4. The molecule has 2 N–H and O–H groups in total. The molecule has 1 aromatic heterocycles. The minimum Gasteiger partial charge on any atom is -0.326 e. The number of amides is 1. The van der Waals surface area contributed by atoms with Crippen molar-refractivity contribution in [2.24, 2.45) is 5.92 Å². The van der Waals surface area contributed by atoms with E-state index in [1.54, 1.807) is 29.6 Å². The van der Waals surface area contributed by atoms with Gasteiger partial charge in [0.1, 0.15) is 4.21 Å². The van der Waals surface area contributed by atoms with Crippen LogP contribution in [-0.2, 0) is 24.8 Å². The van der Waals surface area contributed by atoms with E-state index < -0.39 is 26.0 Å². The Morgan fingerprint density at radius 3 is 2.34 bits per heavy atom. The van der Waals surface area contributed by atoms with E-state index in [4.69, 9.17) is 0 Å². The van der Waals surface area contributed by atoms with Gasteiger partial charge in [0.25, 0.3) is 20.0 Å². The van der Waals surface area contributed by atoms with Crippen molar-refractivity contribution >= 4 is 48.7 Å². The Hall–Kier alpha value is -2.73. The summed E-state index contributed by atoms with van der Waals surface area (Å²) in [6.07, 6.45) is 1.17. The largest absolute Gasteiger partial charge is 0.326 e. The van der Waals surface area contributed by atoms with Crippen LogP contribution in [0.4, 0.5) is 11.4 Å². The highest BCUT2D eigenvalue weighted by molar-refractivity contribution is 7.92. The second-order valence-corrected chi connectivity index (χ2v) is 13.3. The smallest absolute Gasteiger partial charge is 0.261 e. The maximum absolute atomic E-state index is 12.8. The molecule has 0 saturated carbocycles. The van der Waals surface area contributed by atoms with Crippen molar-refractivity contribution in [2.75, 3.05) is 23.1 Å². The van der Waals surface area contributed by atoms with Crippen LogP contribution in [-0.4, -0.2) is 40.1 Å². The van der Waals surface area contributed by atoms with E-state index in [9.17, 15) is 21.6 Å². The summed E-state index contributed by atoms with van der Waals surface area (Å²) in [5, 5.41) is 4.50. The van der Waals surface area contributed by atoms with E-state index in [0.29, 0.717) is 30.8 Å². The maximum Gasteiger partial charge on any atom is 0.261 e. The maximum atomic E-state index is 12.8. The summed E-state index contributed by atoms with van der Waals surface area (Å²) < 4.78 is 55.3. The van der Waals surface area contributed by atoms with Gasteiger partial charge in [-0.05, 0) is 85.7 Å². The predicted octanol–water partition coefficient (Wildman–Crippen LogP) is 4.21. The molecule has 1 atom stereocenters. The van der Waals surface area contributed by atoms with Gasteiger partial charge in [-0.1, -0.05) is 12.1 Å². The first-order chi connectivity index (χ1) is 16.6. The topological polar surface area (TPSA) is 113 Å². The van der Waals surface area contributed by atoms with Crippen molar-refractivity contribution in [2.45, 2.75) is 35.8 Å². The summed E-state index contributed by atoms with van der Waals surface area (Å²) in [4.78, 5) is 12.9. The van der Waals surface area contributed by atoms with E-state index >= 15 is 0 Å². The van der Waals surface area contributed by atoms with Gasteiger partial charge >= 0.3 is 0 Å². The van der Waals surface area contributed by atoms with Crippen LogP contribution in [0.5, 0.6) is 0 Å². The molecule has 11 heteroatoms. The zero-order valence-electron chi connectivity index (χ0n) is 19.4. The molecule has 0 bridgehead atoms. The highest BCUT2D eigenvalue weighted by Gasteiger charge is 2.33. The number of rotatable bonds is 7. The van der Waals surface area contributed by atoms with Gasteiger partial charge in [-0.25, -0.2) is 16.8 Å². The SMILES string of the molecule is Cc1ccc(NS(=O)(=O)c2ccc(NC(=O)[C@H]3CCCN(S(=O)(=O)c4cccs4)C3)cc2)cc1C. The standard InChI is InChI=1S/C24H27N3O5S3/c1-17-7-8-21(15-18(17)2)26-34(29,30)22-11-9-20(10-12-22)25-24(28)19-5-3-13-27(16-19)35(31,32)23-6-4-14-33-23/h4,6-12,14-15,19,26H,3,5,13,16H2,1-2H3,(H,25,28)/t19-/m0/s1. The second-order valence-electron chi connectivity index (χ2n) is 8.55. The molecule has 1 amide bonds. The Bertz CT molecular complexity index is 1420. The average Bonchev–Trinajstić information content (AvgIpc) is 3.38. The minimum absolute atomic E-state index is 0.0691. The molecule has 2 heterocycles. The number of carbonyl (C=O) groups excluding carboxylic acids is 1. The molecule has 0 aliphatic carbocycles. The van der Waals surface area contributed by atoms with Crippen molar-refractivity contribution in [3.63, 3.8) is 0 Å². The highest BCUT2D eigenvalue weighted by Crippen LogP contribution is 2.27. The van der Waals surface area contributed by atoms with Gasteiger partial charge in [0.05, 0.1) is 10.8 Å². The van der Waals surface area contributed by atoms with Crippen LogP contribution < -0.4 is 10.0 Å². The second kappa shape index (κ2) is 10.1. The number of carbonyl (C=O) groups is 1. The third-order valence-corrected chi connectivity index (χ3v) is 10.7. The summed E-state index contributed by atoms with van der Waals surface area (Å²) >= 11 is 1.16. The quantitative estimate of drug-likeness (QED) is 0.473. The van der Waals surface area contributed by atoms with Crippen LogP contribution in [0, 0.1) is 19.8 Å². The Labute approximate surface area is 210 Å². The van der Waals surface area contributed by atoms with E-state index in [0.717, 1.165) is 22.5 Å². The lowest BCUT2D eigenvalue weighted by Gasteiger charge is -2.30. The van der Waals surface area contributed by atoms with E-state index in [-0.39, 0.29) is 21.6 Å². The molecule has 8 nitrogen and oxygen atoms in total. The molecule has 1 fully saturated rings. The summed E-state index contributed by atoms with van der Waals surface area (Å²) in [5.41, 5.74) is 2.97. The van der Waals surface area contributed by atoms with Gasteiger partial charge in [0.2, 0.25) is 5.91 Å². The average molecular weight is 534 g/mol. The lowest BCUT2D eigenvalue weighted by Crippen LogP contribution is -2.43. The molecule has 1 aliphatic heterocycles. The first-order valence-electron chi connectivity index (χ1n) is 11.1. The molecule has 1 aliphatic rings. The number of nitrogens with one attached hydrogen (secondary N) is 2. The fraction of sp³-hybridized carbons (Fsp3) is 0.292. The van der Waals surface area contributed by atoms with Gasteiger partial charge in [-0.2, -0.15) is 4.31 Å². The molecule has 1 saturated heterocycles. The molecule has 3 aromatic rings. The van der Waals surface area contributed by atoms with E-state index in [2.05, 4.69) is 10.0 Å². The number of nitrogens with zero attached hydrogens (tertiary/aromatic N) is 1. The Kier molecular flexibility index (Phi) is 7.32. The fourth-order valence-corrected chi connectivity index (χ4v) is 7.61. The normalized spacial score (nSPS) is 17.1. The molecule has 35 heavy (non-hydrogen) atoms. The summed E-state index contributed by atoms with van der Waals surface area (Å²) in [6.45, 7) is 4.35. The summed E-state index contributed by atoms with van der Waals surface area (Å²) in [5.74, 6) is -0.784. The number of anilines is 2. The van der Waals surface area contributed by atoms with Gasteiger partial charge in [0.15, 0.2) is 0 Å². The minimum atomic E-state index is -3.79. The van der Waals surface area contributed by atoms with Crippen molar-refractivity contribution in [1.82, 2.24) is 4.31 Å². The number of sulfonamides is 2. The lowest BCUT2D eigenvalue weighted by atomic mass is 9.99. The molecule has 0 spiro atoms. The number of piperidine rings is 1. The van der Waals surface area contributed by atoms with E-state index in [1.165, 1.54) is 28.6 Å². The number of aryl methyl sites for hydroxylation is 2. The first-order valence-corrected chi connectivity index (χ1v) is 14.9. The molecule has 186 valence electrons. The van der Waals surface area contributed by atoms with Gasteiger partial charge in [-0.15, -0.1) is 11.3 Å². The van der Waals surface area contributed by atoms with Gasteiger partial charge in [0, 0.05) is 24.5 Å². The molecular formula is C24H27N3O5S3. The molecule has 0 radical (unpaired) electrons. The summed E-state index contributed by atoms with van der Waals surface area (Å²) in [7, 11) is -7.40. The Morgan fingerprint density at radius 2 is 1.69 bits per heavy atom. The van der Waals surface area contributed by atoms with Crippen molar-refractivity contribution < 1.29 is 21.6 Å². The monoisotopic (exact) mass is 533 g/mol. The fourth-order valence-electron chi connectivity index (χ4n) is 3.89. The van der Waals surface area contributed by atoms with Crippen LogP contribution in [0.15, 0.2) is 69.1 Å². The number of hydrogen-bond donors (Lipinski definition) is 2. The molecule has 4 rings (SSSR count). The van der Waals surface area contributed by atoms with Crippen LogP contribution in [0.1, 0.15) is 24.0 Å².